The molecule has 4 nitrogen and oxygen atoms in total. The molecule has 0 saturated heterocycles. The minimum atomic E-state index is -0.859. The lowest BCUT2D eigenvalue weighted by atomic mass is 9.73. The third-order valence-corrected chi connectivity index (χ3v) is 7.31. The second-order valence-corrected chi connectivity index (χ2v) is 9.47. The summed E-state index contributed by atoms with van der Waals surface area (Å²) < 4.78 is 28.5. The summed E-state index contributed by atoms with van der Waals surface area (Å²) in [6.45, 7) is 1.76. The van der Waals surface area contributed by atoms with Crippen LogP contribution in [0.25, 0.3) is 0 Å². The molecule has 2 aliphatic rings. The normalized spacial score (nSPS) is 20.1. The van der Waals surface area contributed by atoms with Crippen LogP contribution in [-0.4, -0.2) is 11.7 Å². The van der Waals surface area contributed by atoms with Gasteiger partial charge in [0.05, 0.1) is 5.92 Å². The van der Waals surface area contributed by atoms with E-state index in [0.717, 1.165) is 28.3 Å². The Morgan fingerprint density at radius 1 is 1.00 bits per heavy atom. The zero-order chi connectivity index (χ0) is 23.8. The predicted molar refractivity (Wildman–Crippen MR) is 128 cm³/mol. The van der Waals surface area contributed by atoms with Crippen molar-refractivity contribution in [2.45, 2.75) is 31.6 Å². The molecule has 34 heavy (non-hydrogen) atoms. The quantitative estimate of drug-likeness (QED) is 0.484. The number of anilines is 1. The first-order valence-corrected chi connectivity index (χ1v) is 11.9. The molecule has 2 unspecified atom stereocenters. The fraction of sp³-hybridized carbons (Fsp3) is 0.185. The Labute approximate surface area is 200 Å². The van der Waals surface area contributed by atoms with Crippen LogP contribution >= 0.6 is 11.3 Å². The van der Waals surface area contributed by atoms with Crippen LogP contribution in [0, 0.1) is 11.6 Å². The van der Waals surface area contributed by atoms with E-state index < -0.39 is 29.1 Å². The third-order valence-electron chi connectivity index (χ3n) is 6.37. The molecule has 0 fully saturated rings. The summed E-state index contributed by atoms with van der Waals surface area (Å²) in [7, 11) is 0. The zero-order valence-electron chi connectivity index (χ0n) is 18.4. The number of hydrogen-bond acceptors (Lipinski definition) is 4. The summed E-state index contributed by atoms with van der Waals surface area (Å²) >= 11 is 1.44. The molecule has 1 aliphatic carbocycles. The molecule has 5 rings (SSSR count). The highest BCUT2D eigenvalue weighted by molar-refractivity contribution is 7.10. The van der Waals surface area contributed by atoms with Gasteiger partial charge in [0.25, 0.3) is 5.91 Å². The van der Waals surface area contributed by atoms with Gasteiger partial charge in [-0.25, -0.2) is 8.78 Å². The lowest BCUT2D eigenvalue weighted by Gasteiger charge is -2.36. The van der Waals surface area contributed by atoms with Crippen molar-refractivity contribution in [3.63, 3.8) is 0 Å². The van der Waals surface area contributed by atoms with Gasteiger partial charge in [-0.05, 0) is 48.4 Å². The van der Waals surface area contributed by atoms with E-state index in [1.54, 1.807) is 6.92 Å². The molecule has 1 aromatic heterocycles. The first-order valence-electron chi connectivity index (χ1n) is 11.0. The molecule has 0 saturated carbocycles. The number of dihydropyridines is 1. The van der Waals surface area contributed by atoms with Crippen LogP contribution < -0.4 is 10.6 Å². The van der Waals surface area contributed by atoms with E-state index in [1.165, 1.54) is 17.4 Å². The van der Waals surface area contributed by atoms with Gasteiger partial charge in [0, 0.05) is 33.8 Å². The first-order chi connectivity index (χ1) is 16.4. The average molecular weight is 477 g/mol. The van der Waals surface area contributed by atoms with E-state index in [4.69, 9.17) is 0 Å². The van der Waals surface area contributed by atoms with E-state index in [0.29, 0.717) is 24.1 Å². The van der Waals surface area contributed by atoms with Crippen LogP contribution in [0.15, 0.2) is 88.6 Å². The van der Waals surface area contributed by atoms with Crippen molar-refractivity contribution in [3.8, 4) is 0 Å². The summed E-state index contributed by atoms with van der Waals surface area (Å²) in [6, 6.07) is 17.1. The average Bonchev–Trinajstić information content (AvgIpc) is 3.35. The predicted octanol–water partition coefficient (Wildman–Crippen LogP) is 6.03. The maximum atomic E-state index is 14.2. The summed E-state index contributed by atoms with van der Waals surface area (Å²) in [5.41, 5.74) is 2.80. The maximum Gasteiger partial charge on any atom is 0.254 e. The zero-order valence-corrected chi connectivity index (χ0v) is 19.2. The highest BCUT2D eigenvalue weighted by atomic mass is 32.1. The van der Waals surface area contributed by atoms with E-state index in [9.17, 15) is 18.4 Å². The first kappa shape index (κ1) is 22.2. The lowest BCUT2D eigenvalue weighted by Crippen LogP contribution is -2.37. The van der Waals surface area contributed by atoms with Crippen LogP contribution in [0.4, 0.5) is 14.5 Å². The summed E-state index contributed by atoms with van der Waals surface area (Å²) in [6.07, 6.45) is 0.976. The number of carbonyl (C=O) groups is 2. The maximum absolute atomic E-state index is 14.2. The Morgan fingerprint density at radius 2 is 1.74 bits per heavy atom. The molecule has 0 radical (unpaired) electrons. The lowest BCUT2D eigenvalue weighted by molar-refractivity contribution is -0.116. The molecule has 2 aromatic carbocycles. The van der Waals surface area contributed by atoms with Crippen molar-refractivity contribution in [1.82, 2.24) is 5.32 Å². The molecule has 0 spiro atoms. The molecule has 1 aliphatic heterocycles. The fourth-order valence-electron chi connectivity index (χ4n) is 4.84. The van der Waals surface area contributed by atoms with E-state index in [2.05, 4.69) is 10.6 Å². The second kappa shape index (κ2) is 8.99. The van der Waals surface area contributed by atoms with Crippen molar-refractivity contribution in [3.05, 3.63) is 111 Å². The van der Waals surface area contributed by atoms with Gasteiger partial charge in [-0.1, -0.05) is 42.5 Å². The number of para-hydroxylation sites is 1. The summed E-state index contributed by atoms with van der Waals surface area (Å²) in [4.78, 5) is 27.7. The fourth-order valence-corrected chi connectivity index (χ4v) is 5.68. The van der Waals surface area contributed by atoms with Crippen LogP contribution in [0.2, 0.25) is 0 Å². The Kier molecular flexibility index (Phi) is 5.87. The number of Topliss-reactive ketones (excluding diaryl/α,β-unsaturated/α-hetero) is 1. The number of amides is 1. The number of thiophene rings is 1. The van der Waals surface area contributed by atoms with Gasteiger partial charge in [0.2, 0.25) is 0 Å². The topological polar surface area (TPSA) is 58.2 Å². The summed E-state index contributed by atoms with van der Waals surface area (Å²) in [5.74, 6) is -2.95. The van der Waals surface area contributed by atoms with E-state index in [1.807, 2.05) is 47.8 Å². The van der Waals surface area contributed by atoms with Crippen molar-refractivity contribution < 1.29 is 18.4 Å². The Hall–Kier alpha value is -3.58. The Bertz CT molecular complexity index is 1310. The van der Waals surface area contributed by atoms with Crippen LogP contribution in [0.3, 0.4) is 0 Å². The number of benzene rings is 2. The Morgan fingerprint density at radius 3 is 2.41 bits per heavy atom. The van der Waals surface area contributed by atoms with Crippen LogP contribution in [-0.2, 0) is 9.59 Å². The minimum absolute atomic E-state index is 0.0316. The van der Waals surface area contributed by atoms with Gasteiger partial charge in [0.15, 0.2) is 5.78 Å². The highest BCUT2D eigenvalue weighted by Crippen LogP contribution is 2.46. The van der Waals surface area contributed by atoms with Gasteiger partial charge in [-0.3, -0.25) is 9.59 Å². The molecular weight excluding hydrogens is 454 g/mol. The smallest absolute Gasteiger partial charge is 0.254 e. The number of nitrogens with one attached hydrogen (secondary N) is 2. The van der Waals surface area contributed by atoms with Crippen molar-refractivity contribution in [2.24, 2.45) is 0 Å². The largest absolute Gasteiger partial charge is 0.362 e. The summed E-state index contributed by atoms with van der Waals surface area (Å²) in [5, 5.41) is 7.57. The number of rotatable bonds is 4. The number of allylic oxidation sites excluding steroid dienone is 3. The highest BCUT2D eigenvalue weighted by Gasteiger charge is 2.41. The molecule has 2 atom stereocenters. The Balaban J connectivity index is 1.54. The van der Waals surface area contributed by atoms with Crippen molar-refractivity contribution in [2.75, 3.05) is 5.32 Å². The number of ketones is 1. The molecule has 1 amide bonds. The standard InChI is InChI=1S/C27H22F2N2O2S/c1-15-23(27(33)31-26-18(28)9-5-10-19(26)29)25(22-11-6-12-34-22)24-20(30-15)13-17(14-21(24)32)16-7-3-2-4-8-16/h2-12,17,25,30H,13-14H2,1H3,(H,31,33). The van der Waals surface area contributed by atoms with Crippen LogP contribution in [0.1, 0.15) is 42.0 Å². The molecular formula is C27H22F2N2O2S. The van der Waals surface area contributed by atoms with Gasteiger partial charge in [-0.15, -0.1) is 11.3 Å². The second-order valence-electron chi connectivity index (χ2n) is 8.49. The number of hydrogen-bond donors (Lipinski definition) is 2. The monoisotopic (exact) mass is 476 g/mol. The number of carbonyl (C=O) groups excluding carboxylic acids is 2. The van der Waals surface area contributed by atoms with Gasteiger partial charge < -0.3 is 10.6 Å². The molecule has 2 heterocycles. The number of halogens is 2. The molecule has 172 valence electrons. The molecule has 2 N–H and O–H groups in total. The minimum Gasteiger partial charge on any atom is -0.362 e. The molecule has 0 bridgehead atoms. The van der Waals surface area contributed by atoms with Crippen molar-refractivity contribution in [1.29, 1.82) is 0 Å². The SMILES string of the molecule is CC1=C(C(=O)Nc2c(F)cccc2F)C(c2cccs2)C2=C(CC(c3ccccc3)CC2=O)N1. The van der Waals surface area contributed by atoms with Gasteiger partial charge in [-0.2, -0.15) is 0 Å². The molecule has 7 heteroatoms. The van der Waals surface area contributed by atoms with E-state index >= 15 is 0 Å². The molecule has 3 aromatic rings. The van der Waals surface area contributed by atoms with Gasteiger partial charge >= 0.3 is 0 Å². The van der Waals surface area contributed by atoms with E-state index in [-0.39, 0.29) is 17.3 Å². The third kappa shape index (κ3) is 3.96. The van der Waals surface area contributed by atoms with Crippen molar-refractivity contribution >= 4 is 28.7 Å². The van der Waals surface area contributed by atoms with Gasteiger partial charge in [0.1, 0.15) is 17.3 Å². The van der Waals surface area contributed by atoms with Crippen LogP contribution in [0.5, 0.6) is 0 Å².